The van der Waals surface area contributed by atoms with Gasteiger partial charge in [0.25, 0.3) is 5.56 Å². The summed E-state index contributed by atoms with van der Waals surface area (Å²) in [5.74, 6) is -0.819. The minimum Gasteiger partial charge on any atom is -0.508 e. The summed E-state index contributed by atoms with van der Waals surface area (Å²) in [6.45, 7) is 3.68. The van der Waals surface area contributed by atoms with Crippen molar-refractivity contribution in [3.8, 4) is 11.5 Å². The maximum absolute atomic E-state index is 12.3. The normalized spacial score (nSPS) is 10.8. The largest absolute Gasteiger partial charge is 0.508 e. The van der Waals surface area contributed by atoms with Crippen LogP contribution < -0.4 is 5.56 Å². The number of ketones is 1. The summed E-state index contributed by atoms with van der Waals surface area (Å²) in [6, 6.07) is 6.46. The van der Waals surface area contributed by atoms with Crippen LogP contribution in [0.5, 0.6) is 11.5 Å². The Morgan fingerprint density at radius 1 is 1.15 bits per heavy atom. The molecule has 2 aromatic rings. The molecule has 0 aliphatic rings. The monoisotopic (exact) mass is 273 g/mol. The average molecular weight is 273 g/mol. The number of phenols is 2. The fourth-order valence-corrected chi connectivity index (χ4v) is 1.91. The lowest BCUT2D eigenvalue weighted by molar-refractivity contribution is 0.103. The molecule has 0 saturated carbocycles. The topological polar surface area (TPSA) is 79.5 Å². The number of carbonyl (C=O) groups is 1. The van der Waals surface area contributed by atoms with E-state index in [1.54, 1.807) is 0 Å². The van der Waals surface area contributed by atoms with Crippen molar-refractivity contribution in [2.75, 3.05) is 0 Å². The van der Waals surface area contributed by atoms with Gasteiger partial charge in [-0.05, 0) is 32.0 Å². The second-order valence-corrected chi connectivity index (χ2v) is 4.79. The van der Waals surface area contributed by atoms with Crippen LogP contribution in [0.25, 0.3) is 0 Å². The first-order chi connectivity index (χ1) is 9.40. The molecule has 2 N–H and O–H groups in total. The lowest BCUT2D eigenvalue weighted by Gasteiger charge is -2.11. The Morgan fingerprint density at radius 3 is 2.45 bits per heavy atom. The molecule has 1 aromatic heterocycles. The molecule has 0 atom stereocenters. The van der Waals surface area contributed by atoms with Gasteiger partial charge in [-0.2, -0.15) is 0 Å². The van der Waals surface area contributed by atoms with E-state index < -0.39 is 5.78 Å². The van der Waals surface area contributed by atoms with Crippen molar-refractivity contribution in [3.05, 3.63) is 58.0 Å². The first kappa shape index (κ1) is 13.9. The minimum absolute atomic E-state index is 0.0661. The zero-order chi connectivity index (χ0) is 14.9. The Bertz CT molecular complexity index is 716. The molecule has 5 heteroatoms. The quantitative estimate of drug-likeness (QED) is 0.839. The number of aromatic nitrogens is 1. The predicted octanol–water partition coefficient (Wildman–Crippen LogP) is 2.07. The number of phenolic OH excluding ortho intramolecular Hbond substituents is 2. The van der Waals surface area contributed by atoms with Crippen LogP contribution in [0.3, 0.4) is 0 Å². The lowest BCUT2D eigenvalue weighted by atomic mass is 10.0. The van der Waals surface area contributed by atoms with Crippen molar-refractivity contribution in [2.45, 2.75) is 19.9 Å². The van der Waals surface area contributed by atoms with Gasteiger partial charge in [0.1, 0.15) is 11.5 Å². The fraction of sp³-hybridized carbons (Fsp3) is 0.200. The van der Waals surface area contributed by atoms with Gasteiger partial charge in [0.15, 0.2) is 5.78 Å². The SMILES string of the molecule is CC(C)n1cc(C(=O)c2ccc(O)cc2O)ccc1=O. The minimum atomic E-state index is -0.406. The highest BCUT2D eigenvalue weighted by Gasteiger charge is 2.15. The van der Waals surface area contributed by atoms with E-state index in [0.29, 0.717) is 5.56 Å². The molecular weight excluding hydrogens is 258 g/mol. The Morgan fingerprint density at radius 2 is 1.85 bits per heavy atom. The van der Waals surface area contributed by atoms with Crippen molar-refractivity contribution < 1.29 is 15.0 Å². The third-order valence-corrected chi connectivity index (χ3v) is 2.98. The highest BCUT2D eigenvalue weighted by Crippen LogP contribution is 2.24. The van der Waals surface area contributed by atoms with E-state index in [4.69, 9.17) is 0 Å². The molecule has 0 amide bonds. The molecule has 0 saturated heterocycles. The Labute approximate surface area is 115 Å². The van der Waals surface area contributed by atoms with Gasteiger partial charge in [-0.25, -0.2) is 0 Å². The number of benzene rings is 1. The standard InChI is InChI=1S/C15H15NO4/c1-9(2)16-8-10(3-6-14(16)19)15(20)12-5-4-11(17)7-13(12)18/h3-9,17-18H,1-2H3. The summed E-state index contributed by atoms with van der Waals surface area (Å²) in [7, 11) is 0. The van der Waals surface area contributed by atoms with Gasteiger partial charge in [-0.3, -0.25) is 9.59 Å². The summed E-state index contributed by atoms with van der Waals surface area (Å²) in [5, 5.41) is 18.9. The van der Waals surface area contributed by atoms with Crippen LogP contribution in [0.2, 0.25) is 0 Å². The van der Waals surface area contributed by atoms with E-state index in [-0.39, 0.29) is 28.7 Å². The van der Waals surface area contributed by atoms with Crippen molar-refractivity contribution >= 4 is 5.78 Å². The summed E-state index contributed by atoms with van der Waals surface area (Å²) in [4.78, 5) is 24.0. The molecule has 5 nitrogen and oxygen atoms in total. The average Bonchev–Trinajstić information content (AvgIpc) is 2.38. The first-order valence-electron chi connectivity index (χ1n) is 6.19. The summed E-state index contributed by atoms with van der Waals surface area (Å²) < 4.78 is 1.45. The summed E-state index contributed by atoms with van der Waals surface area (Å²) in [6.07, 6.45) is 1.47. The number of hydrogen-bond donors (Lipinski definition) is 2. The van der Waals surface area contributed by atoms with Gasteiger partial charge >= 0.3 is 0 Å². The van der Waals surface area contributed by atoms with Crippen LogP contribution in [0, 0.1) is 0 Å². The molecule has 0 bridgehead atoms. The molecule has 1 aromatic carbocycles. The highest BCUT2D eigenvalue weighted by molar-refractivity contribution is 6.10. The number of pyridine rings is 1. The van der Waals surface area contributed by atoms with E-state index in [1.165, 1.54) is 35.0 Å². The highest BCUT2D eigenvalue weighted by atomic mass is 16.3. The van der Waals surface area contributed by atoms with Crippen molar-refractivity contribution in [3.63, 3.8) is 0 Å². The van der Waals surface area contributed by atoms with Crippen LogP contribution in [0.4, 0.5) is 0 Å². The molecule has 0 fully saturated rings. The second-order valence-electron chi connectivity index (χ2n) is 4.79. The van der Waals surface area contributed by atoms with E-state index in [2.05, 4.69) is 0 Å². The molecule has 104 valence electrons. The maximum atomic E-state index is 12.3. The van der Waals surface area contributed by atoms with Crippen LogP contribution in [-0.4, -0.2) is 20.6 Å². The molecule has 0 radical (unpaired) electrons. The van der Waals surface area contributed by atoms with Gasteiger partial charge < -0.3 is 14.8 Å². The molecule has 2 rings (SSSR count). The Kier molecular flexibility index (Phi) is 3.61. The Balaban J connectivity index is 2.48. The Hall–Kier alpha value is -2.56. The van der Waals surface area contributed by atoms with Crippen LogP contribution in [0.1, 0.15) is 35.8 Å². The van der Waals surface area contributed by atoms with Crippen molar-refractivity contribution in [1.29, 1.82) is 0 Å². The van der Waals surface area contributed by atoms with Gasteiger partial charge in [-0.1, -0.05) is 0 Å². The van der Waals surface area contributed by atoms with E-state index >= 15 is 0 Å². The van der Waals surface area contributed by atoms with Crippen molar-refractivity contribution in [2.24, 2.45) is 0 Å². The molecule has 0 unspecified atom stereocenters. The molecule has 0 spiro atoms. The summed E-state index contributed by atoms with van der Waals surface area (Å²) in [5.41, 5.74) is 0.197. The number of aromatic hydroxyl groups is 2. The van der Waals surface area contributed by atoms with E-state index in [9.17, 15) is 19.8 Å². The third-order valence-electron chi connectivity index (χ3n) is 2.98. The number of carbonyl (C=O) groups excluding carboxylic acids is 1. The molecular formula is C15H15NO4. The first-order valence-corrected chi connectivity index (χ1v) is 6.19. The van der Waals surface area contributed by atoms with Crippen LogP contribution in [0.15, 0.2) is 41.3 Å². The molecule has 20 heavy (non-hydrogen) atoms. The van der Waals surface area contributed by atoms with E-state index in [0.717, 1.165) is 6.07 Å². The number of nitrogens with zero attached hydrogens (tertiary/aromatic N) is 1. The van der Waals surface area contributed by atoms with Crippen LogP contribution >= 0.6 is 0 Å². The predicted molar refractivity (Wildman–Crippen MR) is 74.3 cm³/mol. The lowest BCUT2D eigenvalue weighted by Crippen LogP contribution is -2.21. The zero-order valence-electron chi connectivity index (χ0n) is 11.2. The third kappa shape index (κ3) is 2.56. The van der Waals surface area contributed by atoms with Gasteiger partial charge in [0.05, 0.1) is 5.56 Å². The summed E-state index contributed by atoms with van der Waals surface area (Å²) >= 11 is 0. The molecule has 1 heterocycles. The zero-order valence-corrected chi connectivity index (χ0v) is 11.2. The fourth-order valence-electron chi connectivity index (χ4n) is 1.91. The van der Waals surface area contributed by atoms with Crippen LogP contribution in [-0.2, 0) is 0 Å². The number of hydrogen-bond acceptors (Lipinski definition) is 4. The molecule has 0 aliphatic heterocycles. The number of rotatable bonds is 3. The van der Waals surface area contributed by atoms with E-state index in [1.807, 2.05) is 13.8 Å². The molecule has 0 aliphatic carbocycles. The van der Waals surface area contributed by atoms with Crippen molar-refractivity contribution in [1.82, 2.24) is 4.57 Å². The van der Waals surface area contributed by atoms with Gasteiger partial charge in [0, 0.05) is 29.9 Å². The van der Waals surface area contributed by atoms with Gasteiger partial charge in [0.2, 0.25) is 0 Å². The smallest absolute Gasteiger partial charge is 0.250 e. The second kappa shape index (κ2) is 5.21. The maximum Gasteiger partial charge on any atom is 0.250 e. The van der Waals surface area contributed by atoms with Gasteiger partial charge in [-0.15, -0.1) is 0 Å².